The molecule has 0 unspecified atom stereocenters. The standard InChI is InChI=1S/C15H21Cl3O2/c1-19-9-10-20-8-2-7-15(11-16,12-17)13-3-5-14(18)6-4-13/h3-6H,2,7-12H2,1H3. The van der Waals surface area contributed by atoms with Crippen molar-refractivity contribution in [2.24, 2.45) is 0 Å². The van der Waals surface area contributed by atoms with E-state index in [2.05, 4.69) is 0 Å². The molecule has 0 aliphatic heterocycles. The lowest BCUT2D eigenvalue weighted by Gasteiger charge is -2.30. The van der Waals surface area contributed by atoms with Crippen LogP contribution < -0.4 is 0 Å². The highest BCUT2D eigenvalue weighted by Gasteiger charge is 2.30. The average molecular weight is 340 g/mol. The van der Waals surface area contributed by atoms with Crippen molar-refractivity contribution in [3.8, 4) is 0 Å². The van der Waals surface area contributed by atoms with Gasteiger partial charge < -0.3 is 9.47 Å². The predicted molar refractivity (Wildman–Crippen MR) is 86.5 cm³/mol. The summed E-state index contributed by atoms with van der Waals surface area (Å²) in [5.41, 5.74) is 0.905. The first-order valence-electron chi connectivity index (χ1n) is 6.63. The molecule has 0 aliphatic rings. The van der Waals surface area contributed by atoms with Gasteiger partial charge in [0, 0.05) is 35.9 Å². The van der Waals surface area contributed by atoms with Crippen LogP contribution in [0.3, 0.4) is 0 Å². The minimum absolute atomic E-state index is 0.224. The van der Waals surface area contributed by atoms with E-state index in [1.54, 1.807) is 7.11 Å². The van der Waals surface area contributed by atoms with Gasteiger partial charge in [0.1, 0.15) is 0 Å². The van der Waals surface area contributed by atoms with Crippen molar-refractivity contribution in [3.05, 3.63) is 34.9 Å². The van der Waals surface area contributed by atoms with Gasteiger partial charge in [-0.15, -0.1) is 23.2 Å². The van der Waals surface area contributed by atoms with Crippen LogP contribution in [0, 0.1) is 0 Å². The van der Waals surface area contributed by atoms with Crippen molar-refractivity contribution in [2.75, 3.05) is 38.7 Å². The molecule has 0 aliphatic carbocycles. The summed E-state index contributed by atoms with van der Waals surface area (Å²) in [6.45, 7) is 1.92. The number of rotatable bonds is 10. The number of benzene rings is 1. The third-order valence-electron chi connectivity index (χ3n) is 3.34. The van der Waals surface area contributed by atoms with Gasteiger partial charge in [0.2, 0.25) is 0 Å². The van der Waals surface area contributed by atoms with E-state index in [1.807, 2.05) is 24.3 Å². The summed E-state index contributed by atoms with van der Waals surface area (Å²) < 4.78 is 10.4. The smallest absolute Gasteiger partial charge is 0.0700 e. The summed E-state index contributed by atoms with van der Waals surface area (Å²) in [5, 5.41) is 0.717. The van der Waals surface area contributed by atoms with Crippen molar-refractivity contribution in [3.63, 3.8) is 0 Å². The van der Waals surface area contributed by atoms with Crippen LogP contribution in [0.15, 0.2) is 24.3 Å². The monoisotopic (exact) mass is 338 g/mol. The van der Waals surface area contributed by atoms with Crippen LogP contribution in [-0.4, -0.2) is 38.7 Å². The molecule has 0 saturated heterocycles. The third-order valence-corrected chi connectivity index (χ3v) is 4.62. The maximum Gasteiger partial charge on any atom is 0.0700 e. The fourth-order valence-electron chi connectivity index (χ4n) is 2.03. The topological polar surface area (TPSA) is 18.5 Å². The number of methoxy groups -OCH3 is 1. The van der Waals surface area contributed by atoms with Gasteiger partial charge in [-0.2, -0.15) is 0 Å². The minimum Gasteiger partial charge on any atom is -0.382 e. The highest BCUT2D eigenvalue weighted by molar-refractivity contribution is 6.30. The van der Waals surface area contributed by atoms with E-state index in [1.165, 1.54) is 0 Å². The quantitative estimate of drug-likeness (QED) is 0.461. The third kappa shape index (κ3) is 5.42. The van der Waals surface area contributed by atoms with Crippen LogP contribution in [-0.2, 0) is 14.9 Å². The Morgan fingerprint density at radius 2 is 1.65 bits per heavy atom. The van der Waals surface area contributed by atoms with Gasteiger partial charge in [-0.25, -0.2) is 0 Å². The first-order chi connectivity index (χ1) is 9.68. The van der Waals surface area contributed by atoms with Gasteiger partial charge in [-0.3, -0.25) is 0 Å². The molecule has 2 nitrogen and oxygen atoms in total. The molecular formula is C15H21Cl3O2. The average Bonchev–Trinajstić information content (AvgIpc) is 2.48. The zero-order valence-electron chi connectivity index (χ0n) is 11.7. The highest BCUT2D eigenvalue weighted by Crippen LogP contribution is 2.33. The molecule has 5 heteroatoms. The zero-order valence-corrected chi connectivity index (χ0v) is 14.0. The van der Waals surface area contributed by atoms with E-state index >= 15 is 0 Å². The highest BCUT2D eigenvalue weighted by atomic mass is 35.5. The second kappa shape index (κ2) is 9.86. The summed E-state index contributed by atoms with van der Waals surface area (Å²) in [4.78, 5) is 0. The molecule has 0 atom stereocenters. The molecule has 0 heterocycles. The van der Waals surface area contributed by atoms with Crippen LogP contribution in [0.1, 0.15) is 18.4 Å². The fraction of sp³-hybridized carbons (Fsp3) is 0.600. The maximum atomic E-state index is 6.18. The Morgan fingerprint density at radius 3 is 2.20 bits per heavy atom. The lowest BCUT2D eigenvalue weighted by Crippen LogP contribution is -2.31. The minimum atomic E-state index is -0.224. The molecule has 0 amide bonds. The number of alkyl halides is 2. The second-order valence-corrected chi connectivity index (χ2v) is 5.73. The molecule has 20 heavy (non-hydrogen) atoms. The molecule has 0 saturated carbocycles. The number of hydrogen-bond acceptors (Lipinski definition) is 2. The Hall–Kier alpha value is 0.01000. The van der Waals surface area contributed by atoms with Crippen molar-refractivity contribution >= 4 is 34.8 Å². The first-order valence-corrected chi connectivity index (χ1v) is 8.08. The number of ether oxygens (including phenoxy) is 2. The molecular weight excluding hydrogens is 319 g/mol. The normalized spacial score (nSPS) is 11.8. The Bertz CT molecular complexity index is 364. The molecule has 1 aromatic carbocycles. The molecule has 1 aromatic rings. The van der Waals surface area contributed by atoms with E-state index < -0.39 is 0 Å². The molecule has 0 spiro atoms. The van der Waals surface area contributed by atoms with Gasteiger partial charge in [0.25, 0.3) is 0 Å². The van der Waals surface area contributed by atoms with Crippen LogP contribution in [0.4, 0.5) is 0 Å². The van der Waals surface area contributed by atoms with Crippen LogP contribution >= 0.6 is 34.8 Å². The number of halogens is 3. The SMILES string of the molecule is COCCOCCCC(CCl)(CCl)c1ccc(Cl)cc1. The van der Waals surface area contributed by atoms with Crippen molar-refractivity contribution in [1.82, 2.24) is 0 Å². The number of hydrogen-bond donors (Lipinski definition) is 0. The Labute approximate surface area is 136 Å². The van der Waals surface area contributed by atoms with E-state index in [4.69, 9.17) is 44.3 Å². The Kier molecular flexibility index (Phi) is 8.90. The molecule has 0 radical (unpaired) electrons. The van der Waals surface area contributed by atoms with Gasteiger partial charge in [0.15, 0.2) is 0 Å². The summed E-state index contributed by atoms with van der Waals surface area (Å²) in [6.07, 6.45) is 1.79. The molecule has 114 valence electrons. The predicted octanol–water partition coefficient (Wildman–Crippen LogP) is 4.50. The molecule has 0 aromatic heterocycles. The van der Waals surface area contributed by atoms with E-state index in [0.29, 0.717) is 31.6 Å². The van der Waals surface area contributed by atoms with Gasteiger partial charge in [0.05, 0.1) is 13.2 Å². The molecule has 1 rings (SSSR count). The maximum absolute atomic E-state index is 6.18. The van der Waals surface area contributed by atoms with Gasteiger partial charge in [-0.05, 0) is 30.5 Å². The fourth-order valence-corrected chi connectivity index (χ4v) is 3.02. The molecule has 0 bridgehead atoms. The largest absolute Gasteiger partial charge is 0.382 e. The van der Waals surface area contributed by atoms with Crippen molar-refractivity contribution in [2.45, 2.75) is 18.3 Å². The lowest BCUT2D eigenvalue weighted by atomic mass is 9.80. The van der Waals surface area contributed by atoms with Gasteiger partial charge in [-0.1, -0.05) is 23.7 Å². The lowest BCUT2D eigenvalue weighted by molar-refractivity contribution is 0.0670. The zero-order chi connectivity index (χ0) is 14.8. The van der Waals surface area contributed by atoms with E-state index in [0.717, 1.165) is 23.4 Å². The van der Waals surface area contributed by atoms with Gasteiger partial charge >= 0.3 is 0 Å². The Morgan fingerprint density at radius 1 is 1.00 bits per heavy atom. The molecule has 0 N–H and O–H groups in total. The van der Waals surface area contributed by atoms with Crippen LogP contribution in [0.5, 0.6) is 0 Å². The molecule has 0 fully saturated rings. The summed E-state index contributed by atoms with van der Waals surface area (Å²) >= 11 is 18.3. The summed E-state index contributed by atoms with van der Waals surface area (Å²) in [5.74, 6) is 0.965. The van der Waals surface area contributed by atoms with E-state index in [-0.39, 0.29) is 5.41 Å². The Balaban J connectivity index is 2.56. The van der Waals surface area contributed by atoms with Crippen molar-refractivity contribution in [1.29, 1.82) is 0 Å². The summed E-state index contributed by atoms with van der Waals surface area (Å²) in [7, 11) is 1.66. The second-order valence-electron chi connectivity index (χ2n) is 4.76. The van der Waals surface area contributed by atoms with Crippen LogP contribution in [0.2, 0.25) is 5.02 Å². The van der Waals surface area contributed by atoms with E-state index in [9.17, 15) is 0 Å². The first kappa shape index (κ1) is 18.1. The summed E-state index contributed by atoms with van der Waals surface area (Å²) in [6, 6.07) is 7.75. The van der Waals surface area contributed by atoms with Crippen molar-refractivity contribution < 1.29 is 9.47 Å². The van der Waals surface area contributed by atoms with Crippen LogP contribution in [0.25, 0.3) is 0 Å².